The van der Waals surface area contributed by atoms with Crippen molar-refractivity contribution in [1.29, 1.82) is 0 Å². The molecule has 1 atom stereocenters. The number of hydrogen-bond donors (Lipinski definition) is 0. The molecule has 158 valence electrons. The van der Waals surface area contributed by atoms with Gasteiger partial charge >= 0.3 is 0 Å². The molecule has 1 fully saturated rings. The molecule has 1 unspecified atom stereocenters. The summed E-state index contributed by atoms with van der Waals surface area (Å²) in [5, 5.41) is 1.33. The number of alkyl halides is 1. The average molecular weight is 443 g/mol. The molecular weight excluding hydrogens is 423 g/mol. The number of nitrogens with zero attached hydrogens (tertiary/aromatic N) is 2. The van der Waals surface area contributed by atoms with Crippen LogP contribution in [-0.4, -0.2) is 9.55 Å². The molecule has 0 aliphatic heterocycles. The van der Waals surface area contributed by atoms with E-state index in [1.807, 2.05) is 24.3 Å². The van der Waals surface area contributed by atoms with Gasteiger partial charge in [-0.1, -0.05) is 41.8 Å². The molecule has 4 aromatic rings. The highest BCUT2D eigenvalue weighted by Gasteiger charge is 2.24. The molecule has 0 saturated heterocycles. The third-order valence-corrected chi connectivity index (χ3v) is 6.17. The van der Waals surface area contributed by atoms with Crippen LogP contribution in [0.3, 0.4) is 0 Å². The lowest BCUT2D eigenvalue weighted by Gasteiger charge is -2.16. The molecular formula is C27H20ClFN2O. The summed E-state index contributed by atoms with van der Waals surface area (Å²) in [5.74, 6) is 3.14. The molecule has 1 aliphatic carbocycles. The maximum atomic E-state index is 15.4. The van der Waals surface area contributed by atoms with Crippen LogP contribution in [0.4, 0.5) is 4.39 Å². The molecule has 0 radical (unpaired) electrons. The van der Waals surface area contributed by atoms with E-state index in [-0.39, 0.29) is 11.3 Å². The quantitative estimate of drug-likeness (QED) is 0.346. The third-order valence-electron chi connectivity index (χ3n) is 5.92. The van der Waals surface area contributed by atoms with E-state index in [0.29, 0.717) is 28.6 Å². The van der Waals surface area contributed by atoms with Crippen molar-refractivity contribution in [2.45, 2.75) is 25.6 Å². The van der Waals surface area contributed by atoms with Crippen LogP contribution in [0, 0.1) is 18.3 Å². The first-order valence-electron chi connectivity index (χ1n) is 10.5. The lowest BCUT2D eigenvalue weighted by atomic mass is 9.98. The van der Waals surface area contributed by atoms with E-state index in [1.165, 1.54) is 0 Å². The Morgan fingerprint density at radius 2 is 1.94 bits per heavy atom. The van der Waals surface area contributed by atoms with Gasteiger partial charge in [-0.15, -0.1) is 6.42 Å². The van der Waals surface area contributed by atoms with Crippen LogP contribution in [0.1, 0.15) is 35.8 Å². The average Bonchev–Trinajstić information content (AvgIpc) is 3.64. The smallest absolute Gasteiger partial charge is 0.251 e. The number of aromatic nitrogens is 2. The molecule has 0 bridgehead atoms. The van der Waals surface area contributed by atoms with Gasteiger partial charge in [-0.25, -0.2) is 4.39 Å². The van der Waals surface area contributed by atoms with Gasteiger partial charge in [0, 0.05) is 28.6 Å². The minimum Gasteiger partial charge on any atom is -0.306 e. The molecule has 3 nitrogen and oxygen atoms in total. The summed E-state index contributed by atoms with van der Waals surface area (Å²) in [6.45, 7) is 0.650. The normalized spacial score (nSPS) is 14.3. The summed E-state index contributed by atoms with van der Waals surface area (Å²) in [6.07, 6.45) is 8.02. The second kappa shape index (κ2) is 8.26. The fraction of sp³-hybridized carbons (Fsp3) is 0.185. The van der Waals surface area contributed by atoms with Crippen molar-refractivity contribution in [1.82, 2.24) is 9.55 Å². The minimum absolute atomic E-state index is 0.0884. The van der Waals surface area contributed by atoms with Crippen molar-refractivity contribution in [3.63, 3.8) is 0 Å². The first-order valence-corrected chi connectivity index (χ1v) is 10.9. The fourth-order valence-corrected chi connectivity index (χ4v) is 4.12. The molecule has 2 heterocycles. The zero-order chi connectivity index (χ0) is 22.2. The van der Waals surface area contributed by atoms with Gasteiger partial charge in [0.05, 0.1) is 17.4 Å². The predicted octanol–water partition coefficient (Wildman–Crippen LogP) is 6.17. The summed E-state index contributed by atoms with van der Waals surface area (Å²) in [5.41, 5.74) is 3.64. The Hall–Kier alpha value is -3.42. The highest BCUT2D eigenvalue weighted by atomic mass is 35.5. The van der Waals surface area contributed by atoms with Crippen molar-refractivity contribution >= 4 is 22.5 Å². The van der Waals surface area contributed by atoms with Gasteiger partial charge < -0.3 is 4.57 Å². The van der Waals surface area contributed by atoms with Gasteiger partial charge in [0.15, 0.2) is 6.17 Å². The molecule has 5 heteroatoms. The van der Waals surface area contributed by atoms with Crippen LogP contribution in [0.15, 0.2) is 71.7 Å². The number of fused-ring (bicyclic) bond motifs is 1. The Kier molecular flexibility index (Phi) is 5.28. The van der Waals surface area contributed by atoms with Crippen LogP contribution in [0.25, 0.3) is 22.0 Å². The van der Waals surface area contributed by atoms with E-state index in [1.54, 1.807) is 47.2 Å². The van der Waals surface area contributed by atoms with Gasteiger partial charge in [-0.05, 0) is 65.8 Å². The fourth-order valence-electron chi connectivity index (χ4n) is 4.00. The monoisotopic (exact) mass is 442 g/mol. The second-order valence-electron chi connectivity index (χ2n) is 8.22. The Morgan fingerprint density at radius 1 is 1.16 bits per heavy atom. The summed E-state index contributed by atoms with van der Waals surface area (Å²) in [4.78, 5) is 17.4. The van der Waals surface area contributed by atoms with Gasteiger partial charge in [0.25, 0.3) is 5.56 Å². The number of rotatable bonds is 5. The summed E-state index contributed by atoms with van der Waals surface area (Å²) >= 11 is 5.95. The van der Waals surface area contributed by atoms with Crippen LogP contribution in [0.2, 0.25) is 5.02 Å². The maximum Gasteiger partial charge on any atom is 0.251 e. The van der Waals surface area contributed by atoms with E-state index in [0.717, 1.165) is 34.9 Å². The van der Waals surface area contributed by atoms with E-state index in [4.69, 9.17) is 18.0 Å². The molecule has 1 aliphatic rings. The number of benzene rings is 2. The lowest BCUT2D eigenvalue weighted by molar-refractivity contribution is 0.394. The SMILES string of the molecule is C#Cc1cccc(-c2cc(=O)n(CC3CC3)c3cnc(C(F)c4ccc(Cl)cc4)cc23)c1. The predicted molar refractivity (Wildman–Crippen MR) is 127 cm³/mol. The molecule has 1 saturated carbocycles. The first-order chi connectivity index (χ1) is 15.5. The Balaban J connectivity index is 1.71. The van der Waals surface area contributed by atoms with Gasteiger partial charge in [-0.3, -0.25) is 9.78 Å². The lowest BCUT2D eigenvalue weighted by Crippen LogP contribution is -2.21. The molecule has 2 aromatic carbocycles. The van der Waals surface area contributed by atoms with E-state index < -0.39 is 6.17 Å². The Bertz CT molecular complexity index is 1410. The molecule has 32 heavy (non-hydrogen) atoms. The van der Waals surface area contributed by atoms with Crippen molar-refractivity contribution in [2.24, 2.45) is 5.92 Å². The van der Waals surface area contributed by atoms with Crippen LogP contribution in [0.5, 0.6) is 0 Å². The largest absolute Gasteiger partial charge is 0.306 e. The van der Waals surface area contributed by atoms with Crippen molar-refractivity contribution in [3.8, 4) is 23.5 Å². The van der Waals surface area contributed by atoms with Crippen molar-refractivity contribution < 1.29 is 4.39 Å². The Morgan fingerprint density at radius 3 is 2.66 bits per heavy atom. The van der Waals surface area contributed by atoms with Gasteiger partial charge in [-0.2, -0.15) is 0 Å². The molecule has 0 N–H and O–H groups in total. The third kappa shape index (κ3) is 3.92. The Labute approximate surface area is 190 Å². The molecule has 0 spiro atoms. The highest BCUT2D eigenvalue weighted by molar-refractivity contribution is 6.30. The van der Waals surface area contributed by atoms with E-state index in [9.17, 15) is 4.79 Å². The highest BCUT2D eigenvalue weighted by Crippen LogP contribution is 2.35. The first kappa shape index (κ1) is 20.5. The second-order valence-corrected chi connectivity index (χ2v) is 8.65. The van der Waals surface area contributed by atoms with Crippen LogP contribution in [-0.2, 0) is 6.54 Å². The van der Waals surface area contributed by atoms with E-state index >= 15 is 4.39 Å². The summed E-state index contributed by atoms with van der Waals surface area (Å²) in [6, 6.07) is 17.5. The number of halogens is 2. The number of terminal acetylenes is 1. The number of hydrogen-bond acceptors (Lipinski definition) is 2. The summed E-state index contributed by atoms with van der Waals surface area (Å²) in [7, 11) is 0. The minimum atomic E-state index is -1.41. The van der Waals surface area contributed by atoms with E-state index in [2.05, 4.69) is 10.9 Å². The molecule has 5 rings (SSSR count). The maximum absolute atomic E-state index is 15.4. The van der Waals surface area contributed by atoms with Crippen LogP contribution >= 0.6 is 11.6 Å². The van der Waals surface area contributed by atoms with Gasteiger partial charge in [0.1, 0.15) is 0 Å². The molecule has 0 amide bonds. The standard InChI is InChI=1S/C27H20ClFN2O/c1-2-17-4-3-5-20(12-17)22-14-26(32)31(16-18-6-7-18)25-15-30-24(13-23(22)25)27(29)19-8-10-21(28)11-9-19/h1,3-5,8-15,18,27H,6-7,16H2. The molecule has 2 aromatic heterocycles. The number of pyridine rings is 2. The van der Waals surface area contributed by atoms with Crippen molar-refractivity contribution in [3.05, 3.63) is 99.1 Å². The van der Waals surface area contributed by atoms with Crippen molar-refractivity contribution in [2.75, 3.05) is 0 Å². The van der Waals surface area contributed by atoms with Crippen LogP contribution < -0.4 is 5.56 Å². The zero-order valence-corrected chi connectivity index (χ0v) is 18.0. The van der Waals surface area contributed by atoms with Gasteiger partial charge in [0.2, 0.25) is 0 Å². The summed E-state index contributed by atoms with van der Waals surface area (Å²) < 4.78 is 17.1. The zero-order valence-electron chi connectivity index (χ0n) is 17.3. The topological polar surface area (TPSA) is 34.9 Å².